The third-order valence-corrected chi connectivity index (χ3v) is 6.73. The van der Waals surface area contributed by atoms with Crippen LogP contribution in [0.15, 0.2) is 59.3 Å². The van der Waals surface area contributed by atoms with Gasteiger partial charge in [0.25, 0.3) is 0 Å². The smallest absolute Gasteiger partial charge is 0.223 e. The highest BCUT2D eigenvalue weighted by atomic mass is 32.1. The van der Waals surface area contributed by atoms with Crippen LogP contribution in [-0.4, -0.2) is 17.4 Å². The lowest BCUT2D eigenvalue weighted by Gasteiger charge is -2.36. The molecule has 1 aliphatic rings. The Balaban J connectivity index is 1.52. The maximum Gasteiger partial charge on any atom is 0.223 e. The average molecular weight is 368 g/mol. The van der Waals surface area contributed by atoms with E-state index in [1.165, 1.54) is 20.9 Å². The van der Waals surface area contributed by atoms with E-state index in [1.54, 1.807) is 11.3 Å². The van der Waals surface area contributed by atoms with Gasteiger partial charge in [0.05, 0.1) is 6.04 Å². The topological polar surface area (TPSA) is 20.3 Å². The van der Waals surface area contributed by atoms with Crippen molar-refractivity contribution < 1.29 is 4.79 Å². The van der Waals surface area contributed by atoms with Crippen LogP contribution in [0, 0.1) is 0 Å². The first-order chi connectivity index (χ1) is 12.3. The van der Waals surface area contributed by atoms with E-state index >= 15 is 0 Å². The normalized spacial score (nSPS) is 16.6. The van der Waals surface area contributed by atoms with E-state index in [9.17, 15) is 4.79 Å². The van der Waals surface area contributed by atoms with E-state index in [-0.39, 0.29) is 11.9 Å². The molecule has 0 aliphatic carbocycles. The minimum Gasteiger partial charge on any atom is -0.331 e. The van der Waals surface area contributed by atoms with Crippen molar-refractivity contribution in [1.82, 2.24) is 4.90 Å². The van der Waals surface area contributed by atoms with Crippen molar-refractivity contribution in [2.75, 3.05) is 6.54 Å². The standard InChI is InChI=1S/C21H21NOS2/c23-20(10-4-8-17-9-5-14-24-17)22-13-11-19-18(12-15-25-19)21(22)16-6-2-1-3-7-16/h1-3,5-7,9,12,14-15,21H,4,8,10-11,13H2. The third-order valence-electron chi connectivity index (χ3n) is 4.80. The summed E-state index contributed by atoms with van der Waals surface area (Å²) in [5.41, 5.74) is 2.53. The summed E-state index contributed by atoms with van der Waals surface area (Å²) in [5, 5.41) is 4.26. The van der Waals surface area contributed by atoms with Crippen LogP contribution in [0.25, 0.3) is 0 Å². The minimum absolute atomic E-state index is 0.0745. The Kier molecular flexibility index (Phi) is 4.99. The van der Waals surface area contributed by atoms with Gasteiger partial charge in [-0.2, -0.15) is 0 Å². The molecule has 128 valence electrons. The molecule has 0 radical (unpaired) electrons. The number of thiophene rings is 2. The second-order valence-corrected chi connectivity index (χ2v) is 8.42. The number of amides is 1. The summed E-state index contributed by atoms with van der Waals surface area (Å²) in [4.78, 5) is 17.9. The molecule has 2 aromatic heterocycles. The predicted octanol–water partition coefficient (Wildman–Crippen LogP) is 5.31. The number of benzene rings is 1. The van der Waals surface area contributed by atoms with Crippen molar-refractivity contribution in [3.05, 3.63) is 80.2 Å². The van der Waals surface area contributed by atoms with Crippen LogP contribution in [0.5, 0.6) is 0 Å². The van der Waals surface area contributed by atoms with Gasteiger partial charge in [-0.3, -0.25) is 4.79 Å². The lowest BCUT2D eigenvalue weighted by molar-refractivity contribution is -0.133. The van der Waals surface area contributed by atoms with Gasteiger partial charge in [-0.15, -0.1) is 22.7 Å². The van der Waals surface area contributed by atoms with Crippen LogP contribution in [0.1, 0.15) is 39.8 Å². The number of carbonyl (C=O) groups is 1. The van der Waals surface area contributed by atoms with Crippen molar-refractivity contribution in [2.24, 2.45) is 0 Å². The van der Waals surface area contributed by atoms with Crippen LogP contribution in [0.4, 0.5) is 0 Å². The van der Waals surface area contributed by atoms with E-state index in [2.05, 4.69) is 58.1 Å². The number of hydrogen-bond donors (Lipinski definition) is 0. The number of fused-ring (bicyclic) bond motifs is 1. The number of nitrogens with zero attached hydrogens (tertiary/aromatic N) is 1. The van der Waals surface area contributed by atoms with Crippen LogP contribution in [0.3, 0.4) is 0 Å². The Hall–Kier alpha value is -1.91. The molecule has 1 aromatic carbocycles. The van der Waals surface area contributed by atoms with Gasteiger partial charge in [0.2, 0.25) is 5.91 Å². The Morgan fingerprint density at radius 2 is 1.92 bits per heavy atom. The number of hydrogen-bond acceptors (Lipinski definition) is 3. The predicted molar refractivity (Wildman–Crippen MR) is 105 cm³/mol. The zero-order valence-electron chi connectivity index (χ0n) is 14.1. The van der Waals surface area contributed by atoms with Crippen LogP contribution in [0.2, 0.25) is 0 Å². The van der Waals surface area contributed by atoms with Gasteiger partial charge in [0.15, 0.2) is 0 Å². The Bertz CT molecular complexity index is 823. The molecule has 1 aliphatic heterocycles. The summed E-state index contributed by atoms with van der Waals surface area (Å²) >= 11 is 3.59. The molecule has 0 saturated carbocycles. The third kappa shape index (κ3) is 3.55. The highest BCUT2D eigenvalue weighted by Gasteiger charge is 2.32. The largest absolute Gasteiger partial charge is 0.331 e. The SMILES string of the molecule is O=C(CCCc1cccs1)N1CCc2sccc2C1c1ccccc1. The molecule has 4 rings (SSSR count). The molecule has 0 spiro atoms. The summed E-state index contributed by atoms with van der Waals surface area (Å²) < 4.78 is 0. The summed E-state index contributed by atoms with van der Waals surface area (Å²) in [7, 11) is 0. The molecule has 3 heterocycles. The van der Waals surface area contributed by atoms with Crippen molar-refractivity contribution >= 4 is 28.6 Å². The molecule has 0 N–H and O–H groups in total. The second-order valence-electron chi connectivity index (χ2n) is 6.38. The number of rotatable bonds is 5. The highest BCUT2D eigenvalue weighted by Crippen LogP contribution is 2.38. The molecule has 0 bridgehead atoms. The minimum atomic E-state index is 0.0745. The van der Waals surface area contributed by atoms with Gasteiger partial charge in [-0.1, -0.05) is 36.4 Å². The Morgan fingerprint density at radius 3 is 2.72 bits per heavy atom. The fraction of sp³-hybridized carbons (Fsp3) is 0.286. The van der Waals surface area contributed by atoms with Crippen LogP contribution >= 0.6 is 22.7 Å². The van der Waals surface area contributed by atoms with Crippen molar-refractivity contribution in [1.29, 1.82) is 0 Å². The molecule has 1 unspecified atom stereocenters. The molecule has 1 atom stereocenters. The van der Waals surface area contributed by atoms with Gasteiger partial charge in [-0.05, 0) is 53.3 Å². The molecule has 3 aromatic rings. The maximum absolute atomic E-state index is 13.0. The lowest BCUT2D eigenvalue weighted by Crippen LogP contribution is -2.40. The molecule has 25 heavy (non-hydrogen) atoms. The van der Waals surface area contributed by atoms with E-state index in [1.807, 2.05) is 17.4 Å². The monoisotopic (exact) mass is 367 g/mol. The first-order valence-electron chi connectivity index (χ1n) is 8.76. The maximum atomic E-state index is 13.0. The summed E-state index contributed by atoms with van der Waals surface area (Å²) in [6.07, 6.45) is 3.53. The van der Waals surface area contributed by atoms with Gasteiger partial charge < -0.3 is 4.90 Å². The summed E-state index contributed by atoms with van der Waals surface area (Å²) in [5.74, 6) is 0.280. The van der Waals surface area contributed by atoms with E-state index in [0.29, 0.717) is 6.42 Å². The zero-order chi connectivity index (χ0) is 17.1. The molecule has 0 fully saturated rings. The Labute approximate surface area is 156 Å². The summed E-state index contributed by atoms with van der Waals surface area (Å²) in [6, 6.07) is 17.0. The van der Waals surface area contributed by atoms with E-state index < -0.39 is 0 Å². The lowest BCUT2D eigenvalue weighted by atomic mass is 9.93. The van der Waals surface area contributed by atoms with Crippen LogP contribution in [-0.2, 0) is 17.6 Å². The summed E-state index contributed by atoms with van der Waals surface area (Å²) in [6.45, 7) is 0.824. The van der Waals surface area contributed by atoms with Crippen molar-refractivity contribution in [3.8, 4) is 0 Å². The van der Waals surface area contributed by atoms with Gasteiger partial charge in [0, 0.05) is 22.7 Å². The van der Waals surface area contributed by atoms with Gasteiger partial charge in [0.1, 0.15) is 0 Å². The molecular formula is C21H21NOS2. The van der Waals surface area contributed by atoms with Gasteiger partial charge in [-0.25, -0.2) is 0 Å². The molecule has 4 heteroatoms. The van der Waals surface area contributed by atoms with Gasteiger partial charge >= 0.3 is 0 Å². The van der Waals surface area contributed by atoms with E-state index in [0.717, 1.165) is 25.8 Å². The zero-order valence-corrected chi connectivity index (χ0v) is 15.7. The highest BCUT2D eigenvalue weighted by molar-refractivity contribution is 7.10. The average Bonchev–Trinajstić information content (AvgIpc) is 3.33. The first-order valence-corrected chi connectivity index (χ1v) is 10.5. The Morgan fingerprint density at radius 1 is 1.04 bits per heavy atom. The number of carbonyl (C=O) groups excluding carboxylic acids is 1. The molecule has 2 nitrogen and oxygen atoms in total. The fourth-order valence-electron chi connectivity index (χ4n) is 3.59. The molecular weight excluding hydrogens is 346 g/mol. The second kappa shape index (κ2) is 7.54. The van der Waals surface area contributed by atoms with Crippen molar-refractivity contribution in [2.45, 2.75) is 31.7 Å². The van der Waals surface area contributed by atoms with Crippen molar-refractivity contribution in [3.63, 3.8) is 0 Å². The van der Waals surface area contributed by atoms with Crippen LogP contribution < -0.4 is 0 Å². The fourth-order valence-corrected chi connectivity index (χ4v) is 5.25. The molecule has 1 amide bonds. The quantitative estimate of drug-likeness (QED) is 0.599. The van der Waals surface area contributed by atoms with E-state index in [4.69, 9.17) is 0 Å². The number of aryl methyl sites for hydroxylation is 1. The first kappa shape index (κ1) is 16.6. The molecule has 0 saturated heterocycles.